The number of benzene rings is 2. The average molecular weight is 368 g/mol. The van der Waals surface area contributed by atoms with E-state index in [9.17, 15) is 14.7 Å². The van der Waals surface area contributed by atoms with Gasteiger partial charge in [0.25, 0.3) is 0 Å². The highest BCUT2D eigenvalue weighted by Crippen LogP contribution is 2.45. The van der Waals surface area contributed by atoms with Crippen LogP contribution in [0.1, 0.15) is 17.0 Å². The first-order valence-electron chi connectivity index (χ1n) is 8.22. The number of methoxy groups -OCH3 is 2. The molecule has 0 saturated carbocycles. The standard InChI is InChI=1S/C20H16O7/c1-24-14-9-10(7-8-12(14)21)15-16-17(27-18(15)20(23)25-2)11-5-3-4-6-13(11)26-19(16)22/h3-9,15,18,21H,1-2H3/t15-,18-/m1/s1. The van der Waals surface area contributed by atoms with Crippen LogP contribution in [0.5, 0.6) is 17.2 Å². The van der Waals surface area contributed by atoms with Crippen LogP contribution in [0.15, 0.2) is 51.7 Å². The number of fused-ring (bicyclic) bond motifs is 3. The zero-order valence-electron chi connectivity index (χ0n) is 14.6. The Balaban J connectivity index is 1.98. The molecule has 0 amide bonds. The molecule has 1 N–H and O–H groups in total. The number of hydrogen-bond acceptors (Lipinski definition) is 7. The van der Waals surface area contributed by atoms with Gasteiger partial charge < -0.3 is 23.7 Å². The maximum Gasteiger partial charge on any atom is 0.348 e. The van der Waals surface area contributed by atoms with E-state index >= 15 is 0 Å². The van der Waals surface area contributed by atoms with Crippen molar-refractivity contribution in [2.45, 2.75) is 12.0 Å². The summed E-state index contributed by atoms with van der Waals surface area (Å²) in [5.74, 6) is -0.917. The molecule has 2 aromatic carbocycles. The van der Waals surface area contributed by atoms with Crippen LogP contribution in [0.25, 0.3) is 11.0 Å². The monoisotopic (exact) mass is 368 g/mol. The molecule has 0 aliphatic carbocycles. The largest absolute Gasteiger partial charge is 0.504 e. The molecule has 4 rings (SSSR count). The Morgan fingerprint density at radius 3 is 2.67 bits per heavy atom. The molecule has 1 aliphatic rings. The lowest BCUT2D eigenvalue weighted by Crippen LogP contribution is -2.31. The lowest BCUT2D eigenvalue weighted by Gasteiger charge is -2.17. The number of phenols is 1. The van der Waals surface area contributed by atoms with Crippen LogP contribution in [0.4, 0.5) is 0 Å². The molecule has 0 saturated heterocycles. The third-order valence-electron chi connectivity index (χ3n) is 4.65. The number of para-hydroxylation sites is 1. The van der Waals surface area contributed by atoms with Crippen molar-refractivity contribution in [3.05, 3.63) is 64.0 Å². The lowest BCUT2D eigenvalue weighted by molar-refractivity contribution is -0.148. The fourth-order valence-electron chi connectivity index (χ4n) is 3.41. The summed E-state index contributed by atoms with van der Waals surface area (Å²) in [6.07, 6.45) is -1.06. The van der Waals surface area contributed by atoms with Crippen molar-refractivity contribution >= 4 is 16.9 Å². The van der Waals surface area contributed by atoms with Gasteiger partial charge in [-0.05, 0) is 29.8 Å². The number of esters is 1. The van der Waals surface area contributed by atoms with Gasteiger partial charge in [-0.15, -0.1) is 0 Å². The fourth-order valence-corrected chi connectivity index (χ4v) is 3.41. The molecule has 138 valence electrons. The van der Waals surface area contributed by atoms with Gasteiger partial charge in [-0.1, -0.05) is 18.2 Å². The van der Waals surface area contributed by atoms with Crippen LogP contribution in [0.2, 0.25) is 0 Å². The smallest absolute Gasteiger partial charge is 0.348 e. The minimum Gasteiger partial charge on any atom is -0.504 e. The Labute approximate surface area is 153 Å². The first kappa shape index (κ1) is 17.0. The molecule has 1 aliphatic heterocycles. The third-order valence-corrected chi connectivity index (χ3v) is 4.65. The molecule has 0 fully saturated rings. The maximum absolute atomic E-state index is 12.7. The molecular weight excluding hydrogens is 352 g/mol. The molecule has 0 spiro atoms. The molecule has 0 unspecified atom stereocenters. The van der Waals surface area contributed by atoms with Gasteiger partial charge in [-0.2, -0.15) is 0 Å². The van der Waals surface area contributed by atoms with Crippen LogP contribution in [0, 0.1) is 0 Å². The summed E-state index contributed by atoms with van der Waals surface area (Å²) in [4.78, 5) is 25.1. The number of carbonyl (C=O) groups excluding carboxylic acids is 1. The second-order valence-corrected chi connectivity index (χ2v) is 6.10. The summed E-state index contributed by atoms with van der Waals surface area (Å²) in [5.41, 5.74) is 0.569. The predicted molar refractivity (Wildman–Crippen MR) is 95.4 cm³/mol. The minimum atomic E-state index is -1.06. The zero-order valence-corrected chi connectivity index (χ0v) is 14.6. The fraction of sp³-hybridized carbons (Fsp3) is 0.200. The van der Waals surface area contributed by atoms with Gasteiger partial charge >= 0.3 is 11.6 Å². The van der Waals surface area contributed by atoms with Gasteiger partial charge in [0.1, 0.15) is 11.3 Å². The van der Waals surface area contributed by atoms with Crippen molar-refractivity contribution < 1.29 is 28.5 Å². The van der Waals surface area contributed by atoms with Crippen molar-refractivity contribution in [2.24, 2.45) is 0 Å². The first-order chi connectivity index (χ1) is 13.0. The molecule has 27 heavy (non-hydrogen) atoms. The second kappa shape index (κ2) is 6.35. The second-order valence-electron chi connectivity index (χ2n) is 6.10. The van der Waals surface area contributed by atoms with Crippen molar-refractivity contribution in [3.63, 3.8) is 0 Å². The summed E-state index contributed by atoms with van der Waals surface area (Å²) in [6.45, 7) is 0. The van der Waals surface area contributed by atoms with E-state index in [1.54, 1.807) is 36.4 Å². The Kier molecular flexibility index (Phi) is 3.99. The number of hydrogen-bond donors (Lipinski definition) is 1. The Morgan fingerprint density at radius 1 is 1.15 bits per heavy atom. The van der Waals surface area contributed by atoms with E-state index in [1.165, 1.54) is 20.3 Å². The quantitative estimate of drug-likeness (QED) is 0.561. The van der Waals surface area contributed by atoms with E-state index < -0.39 is 23.6 Å². The third kappa shape index (κ3) is 2.59. The summed E-state index contributed by atoms with van der Waals surface area (Å²) in [7, 11) is 2.67. The molecule has 0 bridgehead atoms. The van der Waals surface area contributed by atoms with Gasteiger partial charge in [0.05, 0.1) is 31.1 Å². The molecule has 7 heteroatoms. The van der Waals surface area contributed by atoms with Crippen molar-refractivity contribution in [1.82, 2.24) is 0 Å². The Morgan fingerprint density at radius 2 is 1.93 bits per heavy atom. The first-order valence-corrected chi connectivity index (χ1v) is 8.22. The lowest BCUT2D eigenvalue weighted by atomic mass is 9.88. The number of carbonyl (C=O) groups is 1. The van der Waals surface area contributed by atoms with E-state index in [-0.39, 0.29) is 17.1 Å². The van der Waals surface area contributed by atoms with Crippen LogP contribution >= 0.6 is 0 Å². The number of ether oxygens (including phenoxy) is 3. The van der Waals surface area contributed by atoms with Crippen LogP contribution < -0.4 is 15.1 Å². The SMILES string of the molecule is COC(=O)[C@@H]1Oc2c(c(=O)oc3ccccc23)[C@H]1c1ccc(O)c(OC)c1. The summed E-state index contributed by atoms with van der Waals surface area (Å²) in [5, 5.41) is 10.5. The van der Waals surface area contributed by atoms with E-state index in [1.807, 2.05) is 0 Å². The topological polar surface area (TPSA) is 95.2 Å². The average Bonchev–Trinajstić information content (AvgIpc) is 3.09. The van der Waals surface area contributed by atoms with Gasteiger partial charge in [0.2, 0.25) is 6.10 Å². The van der Waals surface area contributed by atoms with E-state index in [0.717, 1.165) is 0 Å². The van der Waals surface area contributed by atoms with E-state index in [2.05, 4.69) is 0 Å². The van der Waals surface area contributed by atoms with Crippen LogP contribution in [-0.2, 0) is 9.53 Å². The highest BCUT2D eigenvalue weighted by atomic mass is 16.6. The number of aromatic hydroxyl groups is 1. The number of rotatable bonds is 3. The molecule has 1 aromatic heterocycles. The molecular formula is C20H16O7. The molecule has 7 nitrogen and oxygen atoms in total. The van der Waals surface area contributed by atoms with Crippen molar-refractivity contribution in [1.29, 1.82) is 0 Å². The minimum absolute atomic E-state index is 0.0550. The van der Waals surface area contributed by atoms with Gasteiger partial charge in [-0.25, -0.2) is 9.59 Å². The van der Waals surface area contributed by atoms with Crippen LogP contribution in [-0.4, -0.2) is 31.4 Å². The summed E-state index contributed by atoms with van der Waals surface area (Å²) >= 11 is 0. The molecule has 0 radical (unpaired) electrons. The maximum atomic E-state index is 12.7. The van der Waals surface area contributed by atoms with Gasteiger partial charge in [0, 0.05) is 0 Å². The predicted octanol–water partition coefficient (Wildman–Crippen LogP) is 2.57. The summed E-state index contributed by atoms with van der Waals surface area (Å²) < 4.78 is 21.3. The van der Waals surface area contributed by atoms with Crippen LogP contribution in [0.3, 0.4) is 0 Å². The summed E-state index contributed by atoms with van der Waals surface area (Å²) in [6, 6.07) is 11.5. The van der Waals surface area contributed by atoms with Crippen molar-refractivity contribution in [2.75, 3.05) is 14.2 Å². The highest BCUT2D eigenvalue weighted by Gasteiger charge is 2.45. The Hall–Kier alpha value is -3.48. The van der Waals surface area contributed by atoms with Gasteiger partial charge in [0.15, 0.2) is 11.5 Å². The molecule has 3 aromatic rings. The normalized spacial score (nSPS) is 18.0. The van der Waals surface area contributed by atoms with Crippen molar-refractivity contribution in [3.8, 4) is 17.2 Å². The molecule has 2 atom stereocenters. The van der Waals surface area contributed by atoms with E-state index in [4.69, 9.17) is 18.6 Å². The molecule has 2 heterocycles. The van der Waals surface area contributed by atoms with Gasteiger partial charge in [-0.3, -0.25) is 0 Å². The highest BCUT2D eigenvalue weighted by molar-refractivity contribution is 5.88. The zero-order chi connectivity index (χ0) is 19.1. The van der Waals surface area contributed by atoms with E-state index in [0.29, 0.717) is 22.3 Å². The number of phenolic OH excluding ortho intramolecular Hbond substituents is 1. The Bertz CT molecular complexity index is 1100.